The molecule has 0 aromatic carbocycles. The molecule has 0 aliphatic carbocycles. The zero-order valence-corrected chi connectivity index (χ0v) is 20.6. The number of hydrogen-bond acceptors (Lipinski definition) is 3. The summed E-state index contributed by atoms with van der Waals surface area (Å²) in [6, 6.07) is -1.28. The van der Waals surface area contributed by atoms with Crippen LogP contribution >= 0.6 is 0 Å². The van der Waals surface area contributed by atoms with Crippen molar-refractivity contribution in [3.8, 4) is 0 Å². The third-order valence-corrected chi connectivity index (χ3v) is 8.08. The van der Waals surface area contributed by atoms with Crippen LogP contribution in [0.4, 0.5) is 52.7 Å². The zero-order chi connectivity index (χ0) is 28.0. The van der Waals surface area contributed by atoms with Crippen LogP contribution < -0.4 is 0 Å². The normalized spacial score (nSPS) is 15.1. The van der Waals surface area contributed by atoms with Crippen molar-refractivity contribution >= 4 is 8.80 Å². The van der Waals surface area contributed by atoms with Gasteiger partial charge in [-0.1, -0.05) is 19.8 Å². The Bertz CT molecular complexity index is 630. The van der Waals surface area contributed by atoms with Crippen LogP contribution in [0.25, 0.3) is 0 Å². The Morgan fingerprint density at radius 1 is 0.486 bits per heavy atom. The van der Waals surface area contributed by atoms with Crippen LogP contribution in [0.1, 0.15) is 59.8 Å². The van der Waals surface area contributed by atoms with Gasteiger partial charge in [0.15, 0.2) is 0 Å². The smallest absolute Gasteiger partial charge is 0.374 e. The lowest BCUT2D eigenvalue weighted by Gasteiger charge is -2.41. The largest absolute Gasteiger partial charge is 0.501 e. The van der Waals surface area contributed by atoms with E-state index in [0.29, 0.717) is 0 Å². The molecule has 0 aliphatic rings. The second-order valence-corrected chi connectivity index (χ2v) is 10.4. The van der Waals surface area contributed by atoms with Gasteiger partial charge in [0.1, 0.15) is 0 Å². The van der Waals surface area contributed by atoms with E-state index in [-0.39, 0.29) is 32.7 Å². The first kappa shape index (κ1) is 34.3. The molecule has 0 amide bonds. The summed E-state index contributed by atoms with van der Waals surface area (Å²) in [6.45, 7) is 4.69. The van der Waals surface area contributed by atoms with E-state index in [4.69, 9.17) is 13.3 Å². The van der Waals surface area contributed by atoms with Crippen LogP contribution in [0.2, 0.25) is 6.04 Å². The van der Waals surface area contributed by atoms with Crippen LogP contribution in [-0.4, -0.2) is 64.2 Å². The number of hydrogen-bond donors (Lipinski definition) is 0. The maximum atomic E-state index is 14.3. The van der Waals surface area contributed by atoms with E-state index < -0.39 is 69.6 Å². The quantitative estimate of drug-likeness (QED) is 0.0969. The predicted octanol–water partition coefficient (Wildman–Crippen LogP) is 7.82. The molecule has 0 bridgehead atoms. The van der Waals surface area contributed by atoms with E-state index in [0.717, 1.165) is 0 Å². The van der Waals surface area contributed by atoms with Gasteiger partial charge in [-0.3, -0.25) is 0 Å². The van der Waals surface area contributed by atoms with Crippen LogP contribution in [0.5, 0.6) is 0 Å². The molecule has 0 heterocycles. The average molecular weight is 563 g/mol. The van der Waals surface area contributed by atoms with E-state index in [1.165, 1.54) is 27.7 Å². The Hall–Kier alpha value is -0.743. The van der Waals surface area contributed by atoms with Crippen molar-refractivity contribution in [1.29, 1.82) is 0 Å². The third kappa shape index (κ3) is 6.77. The molecule has 0 aromatic rings. The Kier molecular flexibility index (Phi) is 11.9. The number of rotatable bonds is 18. The molecule has 0 saturated heterocycles. The fourth-order valence-corrected chi connectivity index (χ4v) is 5.70. The fourth-order valence-electron chi connectivity index (χ4n) is 3.08. The molecule has 0 N–H and O–H groups in total. The van der Waals surface area contributed by atoms with Crippen LogP contribution in [0, 0.1) is 0 Å². The molecule has 0 radical (unpaired) electrons. The van der Waals surface area contributed by atoms with Crippen molar-refractivity contribution in [1.82, 2.24) is 0 Å². The van der Waals surface area contributed by atoms with Gasteiger partial charge < -0.3 is 13.3 Å². The highest BCUT2D eigenvalue weighted by molar-refractivity contribution is 6.60. The molecule has 0 spiro atoms. The zero-order valence-electron chi connectivity index (χ0n) is 19.6. The highest BCUT2D eigenvalue weighted by atomic mass is 28.4. The fraction of sp³-hybridized carbons (Fsp3) is 1.00. The van der Waals surface area contributed by atoms with Crippen molar-refractivity contribution in [3.63, 3.8) is 0 Å². The first-order chi connectivity index (χ1) is 15.7. The summed E-state index contributed by atoms with van der Waals surface area (Å²) in [5, 5.41) is 0. The number of unbranched alkanes of at least 4 members (excludes halogenated alkanes) is 2. The van der Waals surface area contributed by atoms with E-state index in [9.17, 15) is 52.7 Å². The van der Waals surface area contributed by atoms with Gasteiger partial charge in [0.2, 0.25) is 0 Å². The first-order valence-corrected chi connectivity index (χ1v) is 12.8. The van der Waals surface area contributed by atoms with Gasteiger partial charge in [0, 0.05) is 38.7 Å². The maximum Gasteiger partial charge on any atom is 0.501 e. The highest BCUT2D eigenvalue weighted by Gasteiger charge is 2.89. The van der Waals surface area contributed by atoms with Gasteiger partial charge in [0.25, 0.3) is 0 Å². The minimum Gasteiger partial charge on any atom is -0.374 e. The average Bonchev–Trinajstić information content (AvgIpc) is 2.72. The number of halogens is 12. The van der Waals surface area contributed by atoms with E-state index in [2.05, 4.69) is 0 Å². The van der Waals surface area contributed by atoms with Crippen molar-refractivity contribution in [3.05, 3.63) is 0 Å². The van der Waals surface area contributed by atoms with Gasteiger partial charge in [-0.15, -0.1) is 0 Å². The summed E-state index contributed by atoms with van der Waals surface area (Å²) in [7, 11) is -4.19. The van der Waals surface area contributed by atoms with Crippen LogP contribution in [0.15, 0.2) is 0 Å². The van der Waals surface area contributed by atoms with Crippen molar-refractivity contribution in [2.45, 2.75) is 101 Å². The SMILES string of the molecule is CCCCCC(F)(F)C(F)(F)C(F)(F)C(F)(F)C(F)(F)C(F)(F)CC[Si](OCC)(OCC)OCC. The summed E-state index contributed by atoms with van der Waals surface area (Å²) in [4.78, 5) is 0. The van der Waals surface area contributed by atoms with Gasteiger partial charge in [-0.05, 0) is 27.2 Å². The van der Waals surface area contributed by atoms with Crippen LogP contribution in [0.3, 0.4) is 0 Å². The lowest BCUT2D eigenvalue weighted by Crippen LogP contribution is -2.70. The van der Waals surface area contributed by atoms with E-state index in [1.54, 1.807) is 0 Å². The molecule has 212 valence electrons. The molecule has 3 nitrogen and oxygen atoms in total. The lowest BCUT2D eigenvalue weighted by atomic mass is 9.89. The third-order valence-electron chi connectivity index (χ3n) is 5.03. The standard InChI is InChI=1S/C19H30F12O3Si/c1-5-9-10-11-14(20,21)16(24,25)18(28,29)19(30,31)17(26,27)15(22,23)12-13-35(32-6-2,33-7-3)34-8-4/h5-13H2,1-4H3. The lowest BCUT2D eigenvalue weighted by molar-refractivity contribution is -0.425. The molecule has 0 unspecified atom stereocenters. The van der Waals surface area contributed by atoms with Crippen molar-refractivity contribution < 1.29 is 66.0 Å². The molecular formula is C19H30F12O3Si. The summed E-state index contributed by atoms with van der Waals surface area (Å²) in [5.74, 6) is -41.3. The molecule has 0 fully saturated rings. The second kappa shape index (κ2) is 12.2. The molecule has 35 heavy (non-hydrogen) atoms. The molecule has 0 atom stereocenters. The maximum absolute atomic E-state index is 14.3. The minimum absolute atomic E-state index is 0.147. The van der Waals surface area contributed by atoms with E-state index >= 15 is 0 Å². The molecule has 16 heteroatoms. The number of alkyl halides is 12. The molecular weight excluding hydrogens is 532 g/mol. The summed E-state index contributed by atoms with van der Waals surface area (Å²) in [5.41, 5.74) is 0. The Labute approximate surface area is 196 Å². The van der Waals surface area contributed by atoms with Crippen molar-refractivity contribution in [2.75, 3.05) is 19.8 Å². The van der Waals surface area contributed by atoms with E-state index in [1.807, 2.05) is 0 Å². The Morgan fingerprint density at radius 3 is 1.14 bits per heavy atom. The van der Waals surface area contributed by atoms with Gasteiger partial charge >= 0.3 is 44.3 Å². The van der Waals surface area contributed by atoms with Crippen LogP contribution in [-0.2, 0) is 13.3 Å². The monoisotopic (exact) mass is 562 g/mol. The predicted molar refractivity (Wildman–Crippen MR) is 104 cm³/mol. The first-order valence-electron chi connectivity index (χ1n) is 10.9. The highest BCUT2D eigenvalue weighted by Crippen LogP contribution is 2.61. The summed E-state index contributed by atoms with van der Waals surface area (Å²) < 4.78 is 184. The Balaban J connectivity index is 6.16. The summed E-state index contributed by atoms with van der Waals surface area (Å²) >= 11 is 0. The molecule has 0 rings (SSSR count). The van der Waals surface area contributed by atoms with Gasteiger partial charge in [-0.25, -0.2) is 0 Å². The molecule has 0 aromatic heterocycles. The van der Waals surface area contributed by atoms with Gasteiger partial charge in [0.05, 0.1) is 0 Å². The Morgan fingerprint density at radius 2 is 0.829 bits per heavy atom. The molecule has 0 aliphatic heterocycles. The minimum atomic E-state index is -7.58. The topological polar surface area (TPSA) is 27.7 Å². The second-order valence-electron chi connectivity index (χ2n) is 7.65. The van der Waals surface area contributed by atoms with Crippen molar-refractivity contribution in [2.24, 2.45) is 0 Å². The molecule has 0 saturated carbocycles. The van der Waals surface area contributed by atoms with Gasteiger partial charge in [-0.2, -0.15) is 52.7 Å². The summed E-state index contributed by atoms with van der Waals surface area (Å²) in [6.07, 6.45) is -5.23.